The molecule has 0 radical (unpaired) electrons. The summed E-state index contributed by atoms with van der Waals surface area (Å²) in [5.74, 6) is -3.48. The molecule has 0 fully saturated rings. The summed E-state index contributed by atoms with van der Waals surface area (Å²) < 4.78 is 30.8. The number of amides is 1. The molecule has 3 N–H and O–H groups in total. The fourth-order valence-electron chi connectivity index (χ4n) is 0.985. The Kier molecular flexibility index (Phi) is 3.56. The van der Waals surface area contributed by atoms with E-state index in [1.807, 2.05) is 0 Å². The first-order chi connectivity index (χ1) is 7.04. The van der Waals surface area contributed by atoms with Gasteiger partial charge in [-0.2, -0.15) is 0 Å². The third-order valence-electron chi connectivity index (χ3n) is 1.60. The molecule has 1 aromatic rings. The number of hydrogen-bond acceptors (Lipinski definition) is 3. The Morgan fingerprint density at radius 3 is 2.33 bits per heavy atom. The Labute approximate surface area is 84.3 Å². The molecule has 0 aromatic heterocycles. The number of benzene rings is 1. The van der Waals surface area contributed by atoms with Gasteiger partial charge >= 0.3 is 0 Å². The van der Waals surface area contributed by atoms with Crippen molar-refractivity contribution < 1.29 is 23.4 Å². The highest BCUT2D eigenvalue weighted by Gasteiger charge is 2.13. The molecule has 4 nitrogen and oxygen atoms in total. The van der Waals surface area contributed by atoms with Gasteiger partial charge in [-0.05, 0) is 17.7 Å². The topological polar surface area (TPSA) is 72.6 Å². The van der Waals surface area contributed by atoms with E-state index in [1.54, 1.807) is 0 Å². The van der Waals surface area contributed by atoms with Crippen LogP contribution in [-0.2, 0) is 11.4 Å². The minimum absolute atomic E-state index is 0.0800. The summed E-state index contributed by atoms with van der Waals surface area (Å²) in [6.07, 6.45) is 0. The van der Waals surface area contributed by atoms with Crippen molar-refractivity contribution in [2.75, 3.05) is 6.61 Å². The summed E-state index contributed by atoms with van der Waals surface area (Å²) in [6.45, 7) is -1.09. The van der Waals surface area contributed by atoms with Crippen LogP contribution in [0.4, 0.5) is 8.78 Å². The number of primary amides is 1. The molecular formula is C9H9F2NO3. The molecule has 0 heterocycles. The normalized spacial score (nSPS) is 10.1. The third kappa shape index (κ3) is 2.88. The molecule has 1 rings (SSSR count). The summed E-state index contributed by atoms with van der Waals surface area (Å²) in [7, 11) is 0. The molecule has 15 heavy (non-hydrogen) atoms. The molecular weight excluding hydrogens is 208 g/mol. The van der Waals surface area contributed by atoms with Crippen molar-refractivity contribution in [1.82, 2.24) is 0 Å². The number of carbonyl (C=O) groups excluding carboxylic acids is 1. The standard InChI is InChI=1S/C9H9F2NO3/c10-6-1-5(3-13)2-7(11)9(6)15-4-8(12)14/h1-2,13H,3-4H2,(H2,12,14). The Hall–Kier alpha value is -1.69. The second-order valence-electron chi connectivity index (χ2n) is 2.80. The Bertz CT molecular complexity index is 359. The van der Waals surface area contributed by atoms with Gasteiger partial charge in [0.15, 0.2) is 24.0 Å². The highest BCUT2D eigenvalue weighted by atomic mass is 19.1. The average Bonchev–Trinajstić information content (AvgIpc) is 2.15. The van der Waals surface area contributed by atoms with E-state index in [4.69, 9.17) is 10.8 Å². The van der Waals surface area contributed by atoms with Crippen LogP contribution in [0.5, 0.6) is 5.75 Å². The number of carbonyl (C=O) groups is 1. The number of ether oxygens (including phenoxy) is 1. The molecule has 0 aliphatic heterocycles. The van der Waals surface area contributed by atoms with Gasteiger partial charge in [-0.3, -0.25) is 4.79 Å². The molecule has 0 atom stereocenters. The van der Waals surface area contributed by atoms with Gasteiger partial charge in [0, 0.05) is 0 Å². The molecule has 6 heteroatoms. The lowest BCUT2D eigenvalue weighted by atomic mass is 10.2. The van der Waals surface area contributed by atoms with Crippen LogP contribution in [0, 0.1) is 11.6 Å². The van der Waals surface area contributed by atoms with E-state index in [1.165, 1.54) is 0 Å². The molecule has 0 unspecified atom stereocenters. The van der Waals surface area contributed by atoms with E-state index in [-0.39, 0.29) is 5.56 Å². The lowest BCUT2D eigenvalue weighted by Gasteiger charge is -2.07. The Balaban J connectivity index is 2.92. The van der Waals surface area contributed by atoms with Gasteiger partial charge in [-0.25, -0.2) is 8.78 Å². The van der Waals surface area contributed by atoms with Crippen molar-refractivity contribution in [3.8, 4) is 5.75 Å². The summed E-state index contributed by atoms with van der Waals surface area (Å²) in [4.78, 5) is 10.3. The molecule has 0 aliphatic rings. The van der Waals surface area contributed by atoms with Gasteiger partial charge in [0.25, 0.3) is 5.91 Å². The molecule has 0 saturated carbocycles. The van der Waals surface area contributed by atoms with Gasteiger partial charge in [-0.15, -0.1) is 0 Å². The minimum atomic E-state index is -0.986. The quantitative estimate of drug-likeness (QED) is 0.762. The lowest BCUT2D eigenvalue weighted by Crippen LogP contribution is -2.20. The van der Waals surface area contributed by atoms with Crippen molar-refractivity contribution in [2.45, 2.75) is 6.61 Å². The van der Waals surface area contributed by atoms with Crippen molar-refractivity contribution in [2.24, 2.45) is 5.73 Å². The number of aliphatic hydroxyl groups excluding tert-OH is 1. The van der Waals surface area contributed by atoms with Crippen molar-refractivity contribution in [3.05, 3.63) is 29.3 Å². The van der Waals surface area contributed by atoms with Crippen LogP contribution >= 0.6 is 0 Å². The maximum absolute atomic E-state index is 13.1. The van der Waals surface area contributed by atoms with Crippen LogP contribution < -0.4 is 10.5 Å². The van der Waals surface area contributed by atoms with Crippen LogP contribution in [0.25, 0.3) is 0 Å². The Morgan fingerprint density at radius 1 is 1.40 bits per heavy atom. The lowest BCUT2D eigenvalue weighted by molar-refractivity contribution is -0.120. The minimum Gasteiger partial charge on any atom is -0.478 e. The highest BCUT2D eigenvalue weighted by molar-refractivity contribution is 5.75. The molecule has 1 amide bonds. The Morgan fingerprint density at radius 2 is 1.93 bits per heavy atom. The van der Waals surface area contributed by atoms with Crippen LogP contribution in [0.15, 0.2) is 12.1 Å². The second-order valence-corrected chi connectivity index (χ2v) is 2.80. The summed E-state index contributed by atoms with van der Waals surface area (Å²) in [5, 5.41) is 8.65. The number of hydrogen-bond donors (Lipinski definition) is 2. The highest BCUT2D eigenvalue weighted by Crippen LogP contribution is 2.23. The number of rotatable bonds is 4. The number of aliphatic hydroxyl groups is 1. The fraction of sp³-hybridized carbons (Fsp3) is 0.222. The monoisotopic (exact) mass is 217 g/mol. The van der Waals surface area contributed by atoms with Crippen LogP contribution in [-0.4, -0.2) is 17.6 Å². The van der Waals surface area contributed by atoms with Crippen LogP contribution in [0.3, 0.4) is 0 Å². The maximum Gasteiger partial charge on any atom is 0.255 e. The molecule has 0 saturated heterocycles. The second kappa shape index (κ2) is 4.70. The molecule has 0 spiro atoms. The van der Waals surface area contributed by atoms with Crippen molar-refractivity contribution in [1.29, 1.82) is 0 Å². The largest absolute Gasteiger partial charge is 0.478 e. The first-order valence-corrected chi connectivity index (χ1v) is 4.04. The predicted molar refractivity (Wildman–Crippen MR) is 47.0 cm³/mol. The zero-order valence-electron chi connectivity index (χ0n) is 7.67. The first kappa shape index (κ1) is 11.4. The average molecular weight is 217 g/mol. The summed E-state index contributed by atoms with van der Waals surface area (Å²) in [6, 6.07) is 1.83. The fourth-order valence-corrected chi connectivity index (χ4v) is 0.985. The van der Waals surface area contributed by atoms with E-state index in [0.29, 0.717) is 0 Å². The van der Waals surface area contributed by atoms with Gasteiger partial charge in [-0.1, -0.05) is 0 Å². The van der Waals surface area contributed by atoms with E-state index in [2.05, 4.69) is 4.74 Å². The first-order valence-electron chi connectivity index (χ1n) is 4.04. The van der Waals surface area contributed by atoms with Gasteiger partial charge in [0.05, 0.1) is 6.61 Å². The van der Waals surface area contributed by atoms with Gasteiger partial charge < -0.3 is 15.6 Å². The van der Waals surface area contributed by atoms with Gasteiger partial charge in [0.1, 0.15) is 0 Å². The van der Waals surface area contributed by atoms with E-state index >= 15 is 0 Å². The zero-order valence-corrected chi connectivity index (χ0v) is 7.67. The van der Waals surface area contributed by atoms with Crippen LogP contribution in [0.1, 0.15) is 5.56 Å². The predicted octanol–water partition coefficient (Wildman–Crippen LogP) is 0.321. The molecule has 82 valence electrons. The van der Waals surface area contributed by atoms with E-state index in [9.17, 15) is 13.6 Å². The maximum atomic E-state index is 13.1. The summed E-state index contributed by atoms with van der Waals surface area (Å²) in [5.41, 5.74) is 4.83. The molecule has 0 bridgehead atoms. The van der Waals surface area contributed by atoms with Gasteiger partial charge in [0.2, 0.25) is 0 Å². The third-order valence-corrected chi connectivity index (χ3v) is 1.60. The van der Waals surface area contributed by atoms with Crippen molar-refractivity contribution in [3.63, 3.8) is 0 Å². The zero-order chi connectivity index (χ0) is 11.4. The van der Waals surface area contributed by atoms with E-state index in [0.717, 1.165) is 12.1 Å². The number of nitrogens with two attached hydrogens (primary N) is 1. The van der Waals surface area contributed by atoms with Crippen LogP contribution in [0.2, 0.25) is 0 Å². The SMILES string of the molecule is NC(=O)COc1c(F)cc(CO)cc1F. The summed E-state index contributed by atoms with van der Waals surface area (Å²) >= 11 is 0. The molecule has 1 aromatic carbocycles. The number of halogens is 2. The molecule has 0 aliphatic carbocycles. The van der Waals surface area contributed by atoms with Crippen molar-refractivity contribution >= 4 is 5.91 Å². The smallest absolute Gasteiger partial charge is 0.255 e. The van der Waals surface area contributed by atoms with E-state index < -0.39 is 36.5 Å².